The van der Waals surface area contributed by atoms with E-state index in [1.807, 2.05) is 18.4 Å². The maximum atomic E-state index is 10.1. The van der Waals surface area contributed by atoms with E-state index in [1.165, 1.54) is 11.8 Å². The summed E-state index contributed by atoms with van der Waals surface area (Å²) in [6, 6.07) is -0.749. The molecule has 0 radical (unpaired) electrons. The summed E-state index contributed by atoms with van der Waals surface area (Å²) in [4.78, 5) is 10.1. The highest BCUT2D eigenvalue weighted by Crippen LogP contribution is 2.02. The van der Waals surface area contributed by atoms with Gasteiger partial charge in [-0.3, -0.25) is 4.79 Å². The minimum absolute atomic E-state index is 0.430. The van der Waals surface area contributed by atoms with Crippen LogP contribution in [-0.4, -0.2) is 22.9 Å². The van der Waals surface area contributed by atoms with Crippen molar-refractivity contribution in [2.75, 3.05) is 5.75 Å². The summed E-state index contributed by atoms with van der Waals surface area (Å²) in [5.74, 6) is -0.517. The Labute approximate surface area is 64.3 Å². The van der Waals surface area contributed by atoms with Gasteiger partial charge in [-0.1, -0.05) is 6.08 Å². The highest BCUT2D eigenvalue weighted by Gasteiger charge is 2.08. The third-order valence-electron chi connectivity index (χ3n) is 0.825. The van der Waals surface area contributed by atoms with Gasteiger partial charge in [-0.2, -0.15) is 0 Å². The number of carboxylic acids is 1. The van der Waals surface area contributed by atoms with Gasteiger partial charge in [-0.05, 0) is 12.3 Å². The van der Waals surface area contributed by atoms with Crippen LogP contribution >= 0.6 is 11.8 Å². The second-order valence-electron chi connectivity index (χ2n) is 1.75. The minimum atomic E-state index is -0.947. The van der Waals surface area contributed by atoms with Crippen molar-refractivity contribution in [1.82, 2.24) is 0 Å². The average molecular weight is 161 g/mol. The molecule has 0 unspecified atom stereocenters. The summed E-state index contributed by atoms with van der Waals surface area (Å²) in [5.41, 5.74) is 5.20. The highest BCUT2D eigenvalue weighted by atomic mass is 32.2. The molecular weight excluding hydrogens is 150 g/mol. The number of aliphatic carboxylic acids is 1. The average Bonchev–Trinajstić information content (AvgIpc) is 1.88. The molecule has 0 spiro atoms. The molecule has 1 atom stereocenters. The molecule has 0 heterocycles. The van der Waals surface area contributed by atoms with Crippen LogP contribution in [0.1, 0.15) is 6.92 Å². The lowest BCUT2D eigenvalue weighted by Gasteiger charge is -2.01. The van der Waals surface area contributed by atoms with Gasteiger partial charge in [-0.15, -0.1) is 11.8 Å². The summed E-state index contributed by atoms with van der Waals surface area (Å²) in [7, 11) is 0. The van der Waals surface area contributed by atoms with Crippen molar-refractivity contribution >= 4 is 17.7 Å². The zero-order valence-electron chi connectivity index (χ0n) is 5.78. The molecule has 0 aromatic heterocycles. The van der Waals surface area contributed by atoms with Crippen LogP contribution in [0.3, 0.4) is 0 Å². The van der Waals surface area contributed by atoms with Gasteiger partial charge in [0.2, 0.25) is 0 Å². The van der Waals surface area contributed by atoms with Crippen molar-refractivity contribution in [3.8, 4) is 0 Å². The molecule has 0 bridgehead atoms. The van der Waals surface area contributed by atoms with E-state index in [-0.39, 0.29) is 0 Å². The fraction of sp³-hybridized carbons (Fsp3) is 0.500. The maximum Gasteiger partial charge on any atom is 0.321 e. The molecule has 10 heavy (non-hydrogen) atoms. The summed E-state index contributed by atoms with van der Waals surface area (Å²) < 4.78 is 0. The van der Waals surface area contributed by atoms with Crippen LogP contribution in [0, 0.1) is 0 Å². The van der Waals surface area contributed by atoms with Crippen LogP contribution in [0.25, 0.3) is 0 Å². The van der Waals surface area contributed by atoms with Gasteiger partial charge in [0.1, 0.15) is 6.04 Å². The first-order chi connectivity index (χ1) is 4.68. The molecule has 0 aliphatic heterocycles. The zero-order chi connectivity index (χ0) is 7.98. The highest BCUT2D eigenvalue weighted by molar-refractivity contribution is 8.02. The van der Waals surface area contributed by atoms with Gasteiger partial charge in [-0.25, -0.2) is 0 Å². The van der Waals surface area contributed by atoms with E-state index in [4.69, 9.17) is 10.8 Å². The molecule has 0 amide bonds. The number of rotatable bonds is 4. The Balaban J connectivity index is 3.39. The molecule has 0 rings (SSSR count). The van der Waals surface area contributed by atoms with E-state index in [0.717, 1.165) is 0 Å². The van der Waals surface area contributed by atoms with Crippen LogP contribution in [0.15, 0.2) is 11.5 Å². The Bertz CT molecular complexity index is 136. The monoisotopic (exact) mass is 161 g/mol. The molecule has 0 aliphatic carbocycles. The number of nitrogens with two attached hydrogens (primary N) is 1. The lowest BCUT2D eigenvalue weighted by molar-refractivity contribution is -0.137. The van der Waals surface area contributed by atoms with Gasteiger partial charge < -0.3 is 10.8 Å². The molecule has 0 aromatic rings. The van der Waals surface area contributed by atoms with Crippen molar-refractivity contribution in [3.05, 3.63) is 11.5 Å². The standard InChI is InChI=1S/C6H11NO2S/c1-2-3-10-4-5(7)6(8)9/h2-3,5H,4,7H2,1H3,(H,8,9)/t5-/m0/s1. The van der Waals surface area contributed by atoms with Crippen molar-refractivity contribution in [3.63, 3.8) is 0 Å². The van der Waals surface area contributed by atoms with Crippen LogP contribution in [-0.2, 0) is 4.79 Å². The number of carboxylic acid groups (broad SMARTS) is 1. The fourth-order valence-electron chi connectivity index (χ4n) is 0.327. The summed E-state index contributed by atoms with van der Waals surface area (Å²) in [6.07, 6.45) is 1.85. The first kappa shape index (κ1) is 9.52. The number of hydrogen-bond donors (Lipinski definition) is 2. The fourth-order valence-corrected chi connectivity index (χ4v) is 0.980. The molecule has 4 heteroatoms. The Morgan fingerprint density at radius 2 is 2.50 bits per heavy atom. The van der Waals surface area contributed by atoms with Crippen LogP contribution in [0.2, 0.25) is 0 Å². The van der Waals surface area contributed by atoms with Gasteiger partial charge >= 0.3 is 5.97 Å². The zero-order valence-corrected chi connectivity index (χ0v) is 6.60. The van der Waals surface area contributed by atoms with E-state index < -0.39 is 12.0 Å². The van der Waals surface area contributed by atoms with E-state index in [0.29, 0.717) is 5.75 Å². The molecule has 58 valence electrons. The third kappa shape index (κ3) is 4.40. The second kappa shape index (κ2) is 5.32. The van der Waals surface area contributed by atoms with Gasteiger partial charge in [0.25, 0.3) is 0 Å². The number of allylic oxidation sites excluding steroid dienone is 1. The predicted molar refractivity (Wildman–Crippen MR) is 42.9 cm³/mol. The van der Waals surface area contributed by atoms with E-state index >= 15 is 0 Å². The molecule has 0 saturated carbocycles. The van der Waals surface area contributed by atoms with E-state index in [1.54, 1.807) is 0 Å². The molecular formula is C6H11NO2S. The number of thioether (sulfide) groups is 1. The largest absolute Gasteiger partial charge is 0.480 e. The lowest BCUT2D eigenvalue weighted by atomic mass is 10.4. The van der Waals surface area contributed by atoms with Crippen LogP contribution in [0.4, 0.5) is 0 Å². The van der Waals surface area contributed by atoms with Gasteiger partial charge in [0, 0.05) is 5.75 Å². The van der Waals surface area contributed by atoms with Gasteiger partial charge in [0.05, 0.1) is 0 Å². The SMILES string of the molecule is CC=CSC[C@H](N)C(=O)O. The van der Waals surface area contributed by atoms with E-state index in [9.17, 15) is 4.79 Å². The van der Waals surface area contributed by atoms with Crippen LogP contribution < -0.4 is 5.73 Å². The molecule has 3 nitrogen and oxygen atoms in total. The van der Waals surface area contributed by atoms with Crippen molar-refractivity contribution in [2.24, 2.45) is 5.73 Å². The summed E-state index contributed by atoms with van der Waals surface area (Å²) in [6.45, 7) is 1.87. The quantitative estimate of drug-likeness (QED) is 0.636. The third-order valence-corrected chi connectivity index (χ3v) is 1.84. The predicted octanol–water partition coefficient (Wildman–Crippen LogP) is 0.665. The van der Waals surface area contributed by atoms with E-state index in [2.05, 4.69) is 0 Å². The van der Waals surface area contributed by atoms with Crippen molar-refractivity contribution in [2.45, 2.75) is 13.0 Å². The number of hydrogen-bond acceptors (Lipinski definition) is 3. The molecule has 0 aromatic carbocycles. The molecule has 0 fully saturated rings. The Hall–Kier alpha value is -0.480. The molecule has 0 aliphatic rings. The molecule has 3 N–H and O–H groups in total. The Morgan fingerprint density at radius 1 is 1.90 bits per heavy atom. The second-order valence-corrected chi connectivity index (χ2v) is 2.69. The number of carbonyl (C=O) groups is 1. The first-order valence-corrected chi connectivity index (χ1v) is 3.94. The van der Waals surface area contributed by atoms with Crippen LogP contribution in [0.5, 0.6) is 0 Å². The Kier molecular flexibility index (Phi) is 5.06. The Morgan fingerprint density at radius 3 is 2.90 bits per heavy atom. The topological polar surface area (TPSA) is 63.3 Å². The summed E-state index contributed by atoms with van der Waals surface area (Å²) in [5, 5.41) is 10.1. The lowest BCUT2D eigenvalue weighted by Crippen LogP contribution is -2.32. The minimum Gasteiger partial charge on any atom is -0.480 e. The maximum absolute atomic E-state index is 10.1. The molecule has 0 saturated heterocycles. The van der Waals surface area contributed by atoms with Crippen molar-refractivity contribution in [1.29, 1.82) is 0 Å². The van der Waals surface area contributed by atoms with Crippen molar-refractivity contribution < 1.29 is 9.90 Å². The first-order valence-electron chi connectivity index (χ1n) is 2.89. The summed E-state index contributed by atoms with van der Waals surface area (Å²) >= 11 is 1.40. The normalized spacial score (nSPS) is 13.8. The van der Waals surface area contributed by atoms with Gasteiger partial charge in [0.15, 0.2) is 0 Å². The smallest absolute Gasteiger partial charge is 0.321 e.